The summed E-state index contributed by atoms with van der Waals surface area (Å²) in [5.41, 5.74) is 11.0. The Morgan fingerprint density at radius 2 is 1.73 bits per heavy atom. The number of anilines is 3. The number of carbonyl (C=O) groups excluding carboxylic acids is 3. The van der Waals surface area contributed by atoms with E-state index >= 15 is 0 Å². The van der Waals surface area contributed by atoms with Crippen molar-refractivity contribution in [1.29, 1.82) is 0 Å². The predicted molar refractivity (Wildman–Crippen MR) is 204 cm³/mol. The van der Waals surface area contributed by atoms with Gasteiger partial charge >= 0.3 is 0 Å². The molecule has 0 bridgehead atoms. The molecule has 0 unspecified atom stereocenters. The Morgan fingerprint density at radius 3 is 2.38 bits per heavy atom. The van der Waals surface area contributed by atoms with E-state index in [1.165, 1.54) is 16.2 Å². The fourth-order valence-corrected chi connectivity index (χ4v) is 8.31. The Morgan fingerprint density at radius 1 is 1.04 bits per heavy atom. The molecular weight excluding hydrogens is 724 g/mol. The number of hydrogen-bond donors (Lipinski definition) is 4. The molecule has 5 heterocycles. The van der Waals surface area contributed by atoms with Gasteiger partial charge in [-0.3, -0.25) is 14.4 Å². The second-order valence-corrected chi connectivity index (χ2v) is 16.3. The first kappa shape index (κ1) is 37.4. The monoisotopic (exact) mass is 766 g/mol. The number of rotatable bonds is 9. The quantitative estimate of drug-likeness (QED) is 0.194. The van der Waals surface area contributed by atoms with E-state index in [0.29, 0.717) is 37.1 Å². The van der Waals surface area contributed by atoms with Crippen LogP contribution in [0, 0.1) is 12.3 Å². The van der Waals surface area contributed by atoms with Crippen LogP contribution < -0.4 is 26.2 Å². The van der Waals surface area contributed by atoms with Gasteiger partial charge < -0.3 is 36.2 Å². The minimum absolute atomic E-state index is 0.0170. The lowest BCUT2D eigenvalue weighted by atomic mass is 9.85. The van der Waals surface area contributed by atoms with Gasteiger partial charge in [-0.25, -0.2) is 9.97 Å². The summed E-state index contributed by atoms with van der Waals surface area (Å²) >= 11 is 8.96. The molecule has 3 aromatic heterocycles. The highest BCUT2D eigenvalue weighted by atomic mass is 35.5. The van der Waals surface area contributed by atoms with E-state index in [-0.39, 0.29) is 35.8 Å². The van der Waals surface area contributed by atoms with Crippen molar-refractivity contribution >= 4 is 68.6 Å². The number of β-amino-alcohol motifs (C(OH)–C–C–N with tert-alkyl or cyclic N) is 1. The third-order valence-electron chi connectivity index (χ3n) is 9.42. The number of aromatic nitrogens is 4. The normalized spacial score (nSPS) is 19.0. The Kier molecular flexibility index (Phi) is 11.0. The smallest absolute Gasteiger partial charge is 0.271 e. The number of halogens is 1. The molecule has 4 aromatic rings. The van der Waals surface area contributed by atoms with E-state index in [4.69, 9.17) is 17.3 Å². The Labute approximate surface area is 315 Å². The van der Waals surface area contributed by atoms with Gasteiger partial charge in [0.15, 0.2) is 16.1 Å². The van der Waals surface area contributed by atoms with Gasteiger partial charge in [-0.1, -0.05) is 56.6 Å². The number of aliphatic hydroxyl groups is 1. The highest BCUT2D eigenvalue weighted by Crippen LogP contribution is 2.31. The SMILES string of the molecule is Cc1ncsc1-c1ccc([C@H](C)NC(=O)[C@@H]2C[C@@H](O)CN2C(=O)[C@@H](NC(=O)c2csc(N3CCN(c4cc(Cl)nnc4N)CC3)n2)C(C)(C)C)cc1. The van der Waals surface area contributed by atoms with Crippen molar-refractivity contribution in [3.8, 4) is 10.4 Å². The van der Waals surface area contributed by atoms with E-state index in [1.54, 1.807) is 22.8 Å². The Hall–Kier alpha value is -4.38. The first-order chi connectivity index (χ1) is 24.7. The molecule has 0 radical (unpaired) electrons. The fraction of sp³-hybridized carbons (Fsp3) is 0.457. The minimum atomic E-state index is -0.985. The number of piperazine rings is 1. The van der Waals surface area contributed by atoms with Crippen molar-refractivity contribution in [2.24, 2.45) is 5.41 Å². The number of nitrogens with two attached hydrogens (primary N) is 1. The molecule has 2 aliphatic rings. The summed E-state index contributed by atoms with van der Waals surface area (Å²) in [5, 5.41) is 26.9. The average molecular weight is 767 g/mol. The number of likely N-dealkylation sites (tertiary alicyclic amines) is 1. The molecular formula is C35H43ClN10O4S2. The molecule has 1 aromatic carbocycles. The summed E-state index contributed by atoms with van der Waals surface area (Å²) in [7, 11) is 0. The van der Waals surface area contributed by atoms with Crippen LogP contribution in [0.1, 0.15) is 61.9 Å². The zero-order valence-electron chi connectivity index (χ0n) is 29.7. The van der Waals surface area contributed by atoms with Gasteiger partial charge in [0.1, 0.15) is 17.8 Å². The van der Waals surface area contributed by atoms with Crippen molar-refractivity contribution in [3.05, 3.63) is 63.3 Å². The third-order valence-corrected chi connectivity index (χ3v) is 11.5. The number of nitrogens with zero attached hydrogens (tertiary/aromatic N) is 7. The number of aliphatic hydroxyl groups excluding tert-OH is 1. The van der Waals surface area contributed by atoms with Crippen LogP contribution in [-0.4, -0.2) is 98.8 Å². The average Bonchev–Trinajstić information content (AvgIpc) is 3.88. The van der Waals surface area contributed by atoms with Crippen molar-refractivity contribution in [2.75, 3.05) is 48.3 Å². The molecule has 0 spiro atoms. The lowest BCUT2D eigenvalue weighted by Crippen LogP contribution is -2.57. The summed E-state index contributed by atoms with van der Waals surface area (Å²) in [6.07, 6.45) is -0.781. The number of nitrogen functional groups attached to an aromatic ring is 1. The molecule has 0 saturated carbocycles. The molecule has 14 nitrogen and oxygen atoms in total. The van der Waals surface area contributed by atoms with Crippen LogP contribution in [0.4, 0.5) is 16.6 Å². The van der Waals surface area contributed by atoms with E-state index in [1.807, 2.05) is 64.4 Å². The number of nitrogens with one attached hydrogen (secondary N) is 2. The number of benzene rings is 1. The molecule has 17 heteroatoms. The predicted octanol–water partition coefficient (Wildman–Crippen LogP) is 3.91. The molecule has 276 valence electrons. The van der Waals surface area contributed by atoms with Crippen molar-refractivity contribution in [2.45, 2.75) is 65.3 Å². The highest BCUT2D eigenvalue weighted by molar-refractivity contribution is 7.14. The van der Waals surface area contributed by atoms with E-state index in [2.05, 4.69) is 40.6 Å². The van der Waals surface area contributed by atoms with Gasteiger partial charge in [-0.15, -0.1) is 32.9 Å². The van der Waals surface area contributed by atoms with Gasteiger partial charge in [-0.2, -0.15) is 0 Å². The third kappa shape index (κ3) is 8.14. The van der Waals surface area contributed by atoms with Crippen LogP contribution in [0.25, 0.3) is 10.4 Å². The molecule has 4 atom stereocenters. The molecule has 2 aliphatic heterocycles. The number of carbonyl (C=O) groups is 3. The second kappa shape index (κ2) is 15.3. The standard InChI is InChI=1S/C35H43ClN10O4S2/c1-19(21-6-8-22(9-7-21)28-20(2)38-18-52-28)39-32(49)26-14-23(47)16-46(26)33(50)29(35(3,4)5)41-31(48)24-17-51-34(40-24)45-12-10-44(11-13-45)25-15-27(36)42-43-30(25)37/h6-9,15,17-19,23,26,29,47H,10-14,16H2,1-5H3,(H2,37,43)(H,39,49)(H,41,48)/t19-,23+,26-,29+/m0/s1. The topological polar surface area (TPSA) is 183 Å². The second-order valence-electron chi connectivity index (χ2n) is 14.2. The molecule has 52 heavy (non-hydrogen) atoms. The van der Waals surface area contributed by atoms with Crippen LogP contribution in [0.5, 0.6) is 0 Å². The van der Waals surface area contributed by atoms with E-state index in [9.17, 15) is 19.5 Å². The zero-order valence-corrected chi connectivity index (χ0v) is 32.1. The number of thiazole rings is 2. The fourth-order valence-electron chi connectivity index (χ4n) is 6.49. The Bertz CT molecular complexity index is 1920. The summed E-state index contributed by atoms with van der Waals surface area (Å²) in [6.45, 7) is 11.9. The maximum absolute atomic E-state index is 14.2. The maximum atomic E-state index is 14.2. The molecule has 0 aliphatic carbocycles. The van der Waals surface area contributed by atoms with Crippen molar-refractivity contribution in [3.63, 3.8) is 0 Å². The van der Waals surface area contributed by atoms with E-state index < -0.39 is 35.4 Å². The molecule has 2 saturated heterocycles. The molecule has 5 N–H and O–H groups in total. The van der Waals surface area contributed by atoms with Gasteiger partial charge in [0.05, 0.1) is 33.9 Å². The van der Waals surface area contributed by atoms with Crippen LogP contribution in [0.15, 0.2) is 41.2 Å². The lowest BCUT2D eigenvalue weighted by Gasteiger charge is -2.36. The van der Waals surface area contributed by atoms with Crippen LogP contribution in [0.2, 0.25) is 5.15 Å². The van der Waals surface area contributed by atoms with Crippen LogP contribution in [-0.2, 0) is 9.59 Å². The van der Waals surface area contributed by atoms with Gasteiger partial charge in [0, 0.05) is 50.6 Å². The Balaban J connectivity index is 1.09. The molecule has 2 fully saturated rings. The minimum Gasteiger partial charge on any atom is -0.391 e. The van der Waals surface area contributed by atoms with Crippen LogP contribution in [0.3, 0.4) is 0 Å². The summed E-state index contributed by atoms with van der Waals surface area (Å²) in [4.78, 5) is 57.0. The van der Waals surface area contributed by atoms with Gasteiger partial charge in [0.2, 0.25) is 11.8 Å². The first-order valence-electron chi connectivity index (χ1n) is 17.0. The largest absolute Gasteiger partial charge is 0.391 e. The van der Waals surface area contributed by atoms with Gasteiger partial charge in [0.25, 0.3) is 5.91 Å². The summed E-state index contributed by atoms with van der Waals surface area (Å²) < 4.78 is 0. The lowest BCUT2D eigenvalue weighted by molar-refractivity contribution is -0.142. The summed E-state index contributed by atoms with van der Waals surface area (Å²) in [6, 6.07) is 7.41. The number of aryl methyl sites for hydroxylation is 1. The molecule has 3 amide bonds. The zero-order chi connectivity index (χ0) is 37.3. The maximum Gasteiger partial charge on any atom is 0.271 e. The van der Waals surface area contributed by atoms with Crippen molar-refractivity contribution < 1.29 is 19.5 Å². The molecule has 6 rings (SSSR count). The van der Waals surface area contributed by atoms with Crippen molar-refractivity contribution in [1.82, 2.24) is 35.7 Å². The highest BCUT2D eigenvalue weighted by Gasteiger charge is 2.45. The van der Waals surface area contributed by atoms with Gasteiger partial charge in [-0.05, 0) is 30.4 Å². The number of amides is 3. The van der Waals surface area contributed by atoms with Crippen LogP contribution >= 0.6 is 34.3 Å². The van der Waals surface area contributed by atoms with E-state index in [0.717, 1.165) is 27.4 Å². The summed E-state index contributed by atoms with van der Waals surface area (Å²) in [5.74, 6) is -0.992. The first-order valence-corrected chi connectivity index (χ1v) is 19.2. The number of hydrogen-bond acceptors (Lipinski definition) is 13.